The van der Waals surface area contributed by atoms with Crippen molar-refractivity contribution in [1.29, 1.82) is 0 Å². The van der Waals surface area contributed by atoms with Crippen LogP contribution in [0.4, 0.5) is 0 Å². The molecule has 2 atom stereocenters. The number of amides is 2. The van der Waals surface area contributed by atoms with Gasteiger partial charge < -0.3 is 15.0 Å². The summed E-state index contributed by atoms with van der Waals surface area (Å²) < 4.78 is 5.75. The monoisotopic (exact) mass is 424 g/mol. The van der Waals surface area contributed by atoms with E-state index in [4.69, 9.17) is 4.74 Å². The first-order chi connectivity index (χ1) is 14.8. The van der Waals surface area contributed by atoms with E-state index in [0.717, 1.165) is 23.3 Å². The Kier molecular flexibility index (Phi) is 9.57. The third kappa shape index (κ3) is 7.74. The Morgan fingerprint density at radius 2 is 1.71 bits per heavy atom. The number of aryl methyl sites for hydroxylation is 2. The van der Waals surface area contributed by atoms with Crippen molar-refractivity contribution in [3.63, 3.8) is 0 Å². The van der Waals surface area contributed by atoms with E-state index in [2.05, 4.69) is 5.32 Å². The predicted molar refractivity (Wildman–Crippen MR) is 125 cm³/mol. The zero-order valence-corrected chi connectivity index (χ0v) is 19.5. The van der Waals surface area contributed by atoms with Crippen LogP contribution in [0.3, 0.4) is 0 Å². The lowest BCUT2D eigenvalue weighted by molar-refractivity contribution is -0.141. The molecular weight excluding hydrogens is 388 g/mol. The molecule has 0 spiro atoms. The number of carbonyl (C=O) groups is 2. The van der Waals surface area contributed by atoms with Gasteiger partial charge in [0.05, 0.1) is 6.61 Å². The fourth-order valence-corrected chi connectivity index (χ4v) is 3.21. The van der Waals surface area contributed by atoms with Crippen molar-refractivity contribution in [1.82, 2.24) is 10.2 Å². The third-order valence-electron chi connectivity index (χ3n) is 5.59. The second-order valence-electron chi connectivity index (χ2n) is 8.21. The smallest absolute Gasteiger partial charge is 0.242 e. The van der Waals surface area contributed by atoms with Crippen LogP contribution >= 0.6 is 0 Å². The molecule has 0 unspecified atom stereocenters. The summed E-state index contributed by atoms with van der Waals surface area (Å²) in [6.07, 6.45) is 1.77. The standard InChI is InChI=1S/C26H36N2O3/c1-6-21(4)27-26(30)22(5)28(18-23-11-8-7-10-20(23)3)25(29)12-9-17-31-24-15-13-19(2)14-16-24/h7-8,10-11,13-16,21-22H,6,9,12,17-18H2,1-5H3,(H,27,30)/t21-,22+/m0/s1. The Morgan fingerprint density at radius 3 is 2.35 bits per heavy atom. The van der Waals surface area contributed by atoms with Gasteiger partial charge >= 0.3 is 0 Å². The number of hydrogen-bond donors (Lipinski definition) is 1. The number of benzene rings is 2. The summed E-state index contributed by atoms with van der Waals surface area (Å²) in [5.74, 6) is 0.644. The second-order valence-corrected chi connectivity index (χ2v) is 8.21. The van der Waals surface area contributed by atoms with Crippen molar-refractivity contribution >= 4 is 11.8 Å². The first kappa shape index (κ1) is 24.4. The van der Waals surface area contributed by atoms with Crippen molar-refractivity contribution in [2.75, 3.05) is 6.61 Å². The van der Waals surface area contributed by atoms with Crippen LogP contribution in [-0.2, 0) is 16.1 Å². The Bertz CT molecular complexity index is 848. The summed E-state index contributed by atoms with van der Waals surface area (Å²) >= 11 is 0. The minimum absolute atomic E-state index is 0.0393. The van der Waals surface area contributed by atoms with E-state index < -0.39 is 6.04 Å². The number of rotatable bonds is 11. The van der Waals surface area contributed by atoms with E-state index in [-0.39, 0.29) is 17.9 Å². The van der Waals surface area contributed by atoms with Crippen LogP contribution in [0.15, 0.2) is 48.5 Å². The molecule has 0 saturated heterocycles. The Labute approximate surface area is 186 Å². The summed E-state index contributed by atoms with van der Waals surface area (Å²) in [4.78, 5) is 27.5. The molecule has 0 aromatic heterocycles. The van der Waals surface area contributed by atoms with Crippen molar-refractivity contribution < 1.29 is 14.3 Å². The van der Waals surface area contributed by atoms with Gasteiger partial charge in [-0.2, -0.15) is 0 Å². The van der Waals surface area contributed by atoms with E-state index >= 15 is 0 Å². The second kappa shape index (κ2) is 12.1. The van der Waals surface area contributed by atoms with Crippen LogP contribution in [0.25, 0.3) is 0 Å². The molecule has 2 rings (SSSR count). The zero-order chi connectivity index (χ0) is 22.8. The van der Waals surface area contributed by atoms with Gasteiger partial charge in [-0.05, 0) is 63.8 Å². The van der Waals surface area contributed by atoms with Crippen LogP contribution in [0.2, 0.25) is 0 Å². The minimum atomic E-state index is -0.542. The average molecular weight is 425 g/mol. The van der Waals surface area contributed by atoms with Gasteiger partial charge in [0.1, 0.15) is 11.8 Å². The highest BCUT2D eigenvalue weighted by molar-refractivity contribution is 5.87. The van der Waals surface area contributed by atoms with E-state index in [0.29, 0.717) is 26.0 Å². The molecule has 2 aromatic rings. The van der Waals surface area contributed by atoms with Gasteiger partial charge in [0, 0.05) is 19.0 Å². The van der Waals surface area contributed by atoms with Gasteiger partial charge in [0.25, 0.3) is 0 Å². The first-order valence-electron chi connectivity index (χ1n) is 11.2. The van der Waals surface area contributed by atoms with Crippen molar-refractivity contribution in [3.05, 3.63) is 65.2 Å². The van der Waals surface area contributed by atoms with E-state index in [1.807, 2.05) is 76.2 Å². The molecule has 0 radical (unpaired) electrons. The van der Waals surface area contributed by atoms with Gasteiger partial charge in [-0.15, -0.1) is 0 Å². The van der Waals surface area contributed by atoms with Crippen LogP contribution in [0.5, 0.6) is 5.75 Å². The lowest BCUT2D eigenvalue weighted by atomic mass is 10.1. The number of hydrogen-bond acceptors (Lipinski definition) is 3. The average Bonchev–Trinajstić information content (AvgIpc) is 2.76. The van der Waals surface area contributed by atoms with Crippen LogP contribution < -0.4 is 10.1 Å². The predicted octanol–water partition coefficient (Wildman–Crippen LogP) is 4.79. The zero-order valence-electron chi connectivity index (χ0n) is 19.5. The Hall–Kier alpha value is -2.82. The van der Waals surface area contributed by atoms with Crippen LogP contribution in [0.1, 0.15) is 56.7 Å². The number of nitrogens with one attached hydrogen (secondary N) is 1. The highest BCUT2D eigenvalue weighted by atomic mass is 16.5. The molecule has 0 fully saturated rings. The molecule has 168 valence electrons. The largest absolute Gasteiger partial charge is 0.494 e. The van der Waals surface area contributed by atoms with E-state index in [1.165, 1.54) is 5.56 Å². The van der Waals surface area contributed by atoms with Crippen LogP contribution in [0, 0.1) is 13.8 Å². The maximum Gasteiger partial charge on any atom is 0.242 e. The lowest BCUT2D eigenvalue weighted by Gasteiger charge is -2.30. The molecule has 2 aromatic carbocycles. The SMILES string of the molecule is CC[C@H](C)NC(=O)[C@@H](C)N(Cc1ccccc1C)C(=O)CCCOc1ccc(C)cc1. The maximum atomic E-state index is 13.1. The van der Waals surface area contributed by atoms with Gasteiger partial charge in [-0.25, -0.2) is 0 Å². The molecule has 0 saturated carbocycles. The summed E-state index contributed by atoms with van der Waals surface area (Å²) in [6.45, 7) is 10.7. The number of nitrogens with zero attached hydrogens (tertiary/aromatic N) is 1. The topological polar surface area (TPSA) is 58.6 Å². The van der Waals surface area contributed by atoms with Crippen molar-refractivity contribution in [3.8, 4) is 5.75 Å². The summed E-state index contributed by atoms with van der Waals surface area (Å²) in [5.41, 5.74) is 3.34. The van der Waals surface area contributed by atoms with Gasteiger partial charge in [0.15, 0.2) is 0 Å². The molecule has 1 N–H and O–H groups in total. The molecule has 0 heterocycles. The Morgan fingerprint density at radius 1 is 1.03 bits per heavy atom. The van der Waals surface area contributed by atoms with Gasteiger partial charge in [0.2, 0.25) is 11.8 Å². The highest BCUT2D eigenvalue weighted by Gasteiger charge is 2.26. The van der Waals surface area contributed by atoms with Gasteiger partial charge in [-0.1, -0.05) is 48.9 Å². The molecule has 5 heteroatoms. The van der Waals surface area contributed by atoms with Gasteiger partial charge in [-0.3, -0.25) is 9.59 Å². The normalized spacial score (nSPS) is 12.7. The van der Waals surface area contributed by atoms with Crippen LogP contribution in [-0.4, -0.2) is 35.4 Å². The molecular formula is C26H36N2O3. The fourth-order valence-electron chi connectivity index (χ4n) is 3.21. The highest BCUT2D eigenvalue weighted by Crippen LogP contribution is 2.16. The molecule has 0 aliphatic rings. The molecule has 0 bridgehead atoms. The van der Waals surface area contributed by atoms with Crippen molar-refractivity contribution in [2.24, 2.45) is 0 Å². The number of ether oxygens (including phenoxy) is 1. The molecule has 2 amide bonds. The summed E-state index contributed by atoms with van der Waals surface area (Å²) in [6, 6.07) is 15.4. The lowest BCUT2D eigenvalue weighted by Crippen LogP contribution is -2.49. The first-order valence-corrected chi connectivity index (χ1v) is 11.2. The summed E-state index contributed by atoms with van der Waals surface area (Å²) in [7, 11) is 0. The van der Waals surface area contributed by atoms with E-state index in [1.54, 1.807) is 11.8 Å². The third-order valence-corrected chi connectivity index (χ3v) is 5.59. The van der Waals surface area contributed by atoms with Crippen molar-refractivity contribution in [2.45, 2.75) is 72.5 Å². The minimum Gasteiger partial charge on any atom is -0.494 e. The molecule has 0 aliphatic heterocycles. The molecule has 31 heavy (non-hydrogen) atoms. The molecule has 5 nitrogen and oxygen atoms in total. The van der Waals surface area contributed by atoms with E-state index in [9.17, 15) is 9.59 Å². The quantitative estimate of drug-likeness (QED) is 0.528. The Balaban J connectivity index is 2.01. The number of carbonyl (C=O) groups excluding carboxylic acids is 2. The summed E-state index contributed by atoms with van der Waals surface area (Å²) in [5, 5.41) is 3.00. The maximum absolute atomic E-state index is 13.1. The molecule has 0 aliphatic carbocycles. The fraction of sp³-hybridized carbons (Fsp3) is 0.462.